The van der Waals surface area contributed by atoms with Crippen molar-refractivity contribution in [2.75, 3.05) is 11.4 Å². The van der Waals surface area contributed by atoms with Gasteiger partial charge < -0.3 is 10.1 Å². The fourth-order valence-corrected chi connectivity index (χ4v) is 3.48. The molecule has 1 aliphatic rings. The topological polar surface area (TPSA) is 48.7 Å². The molecule has 0 saturated carbocycles. The molecule has 0 saturated heterocycles. The predicted octanol–water partition coefficient (Wildman–Crippen LogP) is 3.35. The summed E-state index contributed by atoms with van der Waals surface area (Å²) >= 11 is 1.76. The van der Waals surface area contributed by atoms with Crippen LogP contribution in [0.25, 0.3) is 0 Å². The molecule has 0 aliphatic carbocycles. The van der Waals surface area contributed by atoms with Crippen LogP contribution >= 0.6 is 11.3 Å². The summed E-state index contributed by atoms with van der Waals surface area (Å²) in [5.74, 6) is 0. The fraction of sp³-hybridized carbons (Fsp3) is 0.333. The highest BCUT2D eigenvalue weighted by atomic mass is 32.1. The van der Waals surface area contributed by atoms with Gasteiger partial charge >= 0.3 is 0 Å². The Morgan fingerprint density at radius 3 is 2.85 bits per heavy atom. The third-order valence-electron chi connectivity index (χ3n) is 3.69. The molecule has 1 aromatic carbocycles. The molecule has 4 nitrogen and oxygen atoms in total. The molecule has 5 heteroatoms. The number of hydrogen-bond donors (Lipinski definition) is 1. The van der Waals surface area contributed by atoms with Gasteiger partial charge in [0.1, 0.15) is 5.01 Å². The number of aryl methyl sites for hydroxylation is 2. The molecule has 0 unspecified atom stereocenters. The molecule has 0 atom stereocenters. The molecule has 0 radical (unpaired) electrons. The number of nitrogens with zero attached hydrogens (tertiary/aromatic N) is 3. The summed E-state index contributed by atoms with van der Waals surface area (Å²) in [5, 5.41) is 13.7. The average Bonchev–Trinajstić information content (AvgIpc) is 2.78. The molecule has 1 aliphatic heterocycles. The lowest BCUT2D eigenvalue weighted by atomic mass is 10.00. The molecule has 0 bridgehead atoms. The minimum absolute atomic E-state index is 0.761. The minimum Gasteiger partial charge on any atom is -0.411 e. The highest BCUT2D eigenvalue weighted by molar-refractivity contribution is 7.11. The third-order valence-corrected chi connectivity index (χ3v) is 4.75. The zero-order chi connectivity index (χ0) is 14.1. The molecule has 20 heavy (non-hydrogen) atoms. The van der Waals surface area contributed by atoms with Crippen molar-refractivity contribution in [1.29, 1.82) is 0 Å². The van der Waals surface area contributed by atoms with Crippen molar-refractivity contribution in [3.63, 3.8) is 0 Å². The van der Waals surface area contributed by atoms with Gasteiger partial charge in [-0.2, -0.15) is 0 Å². The summed E-state index contributed by atoms with van der Waals surface area (Å²) in [6.45, 7) is 5.83. The van der Waals surface area contributed by atoms with E-state index in [-0.39, 0.29) is 0 Å². The fourth-order valence-electron chi connectivity index (χ4n) is 2.53. The van der Waals surface area contributed by atoms with Crippen LogP contribution in [0.4, 0.5) is 5.69 Å². The quantitative estimate of drug-likeness (QED) is 0.680. The lowest BCUT2D eigenvalue weighted by Gasteiger charge is -2.30. The Balaban J connectivity index is 1.92. The van der Waals surface area contributed by atoms with E-state index in [0.717, 1.165) is 47.2 Å². The summed E-state index contributed by atoms with van der Waals surface area (Å²) in [6.07, 6.45) is 0.761. The number of benzene rings is 1. The molecule has 104 valence electrons. The first kappa shape index (κ1) is 13.1. The highest BCUT2D eigenvalue weighted by Gasteiger charge is 2.22. The van der Waals surface area contributed by atoms with Crippen LogP contribution in [0, 0.1) is 13.8 Å². The number of thiazole rings is 1. The van der Waals surface area contributed by atoms with Crippen molar-refractivity contribution in [2.24, 2.45) is 5.16 Å². The van der Waals surface area contributed by atoms with Gasteiger partial charge in [0.15, 0.2) is 0 Å². The molecule has 2 aromatic rings. The Labute approximate surface area is 122 Å². The van der Waals surface area contributed by atoms with E-state index in [1.54, 1.807) is 11.3 Å². The second-order valence-corrected chi connectivity index (χ2v) is 6.27. The normalized spacial score (nSPS) is 16.5. The monoisotopic (exact) mass is 287 g/mol. The zero-order valence-electron chi connectivity index (χ0n) is 11.6. The third kappa shape index (κ3) is 2.29. The van der Waals surface area contributed by atoms with Crippen molar-refractivity contribution in [3.8, 4) is 0 Å². The van der Waals surface area contributed by atoms with E-state index < -0.39 is 0 Å². The zero-order valence-corrected chi connectivity index (χ0v) is 12.4. The van der Waals surface area contributed by atoms with Crippen molar-refractivity contribution >= 4 is 22.7 Å². The van der Waals surface area contributed by atoms with Crippen LogP contribution in [-0.2, 0) is 6.54 Å². The minimum atomic E-state index is 0.761. The molecule has 2 heterocycles. The highest BCUT2D eigenvalue weighted by Crippen LogP contribution is 2.29. The number of rotatable bonds is 2. The smallest absolute Gasteiger partial charge is 0.112 e. The average molecular weight is 287 g/mol. The Bertz CT molecular complexity index is 643. The first-order valence-electron chi connectivity index (χ1n) is 6.67. The Hall–Kier alpha value is -1.88. The number of fused-ring (bicyclic) bond motifs is 1. The molecule has 0 amide bonds. The van der Waals surface area contributed by atoms with E-state index in [9.17, 15) is 0 Å². The lowest BCUT2D eigenvalue weighted by Crippen LogP contribution is -2.31. The van der Waals surface area contributed by atoms with E-state index in [1.165, 1.54) is 4.88 Å². The Morgan fingerprint density at radius 1 is 1.35 bits per heavy atom. The van der Waals surface area contributed by atoms with E-state index in [1.807, 2.05) is 18.2 Å². The number of aromatic nitrogens is 1. The van der Waals surface area contributed by atoms with Crippen LogP contribution in [0.15, 0.2) is 29.4 Å². The van der Waals surface area contributed by atoms with E-state index >= 15 is 0 Å². The number of hydrogen-bond acceptors (Lipinski definition) is 5. The van der Waals surface area contributed by atoms with Crippen LogP contribution in [0.2, 0.25) is 0 Å². The maximum absolute atomic E-state index is 9.11. The van der Waals surface area contributed by atoms with Gasteiger partial charge in [-0.15, -0.1) is 11.3 Å². The van der Waals surface area contributed by atoms with Gasteiger partial charge in [-0.25, -0.2) is 4.98 Å². The summed E-state index contributed by atoms with van der Waals surface area (Å²) in [5.41, 5.74) is 4.03. The molecule has 3 rings (SSSR count). The van der Waals surface area contributed by atoms with Crippen molar-refractivity contribution in [3.05, 3.63) is 45.4 Å². The molecule has 1 aromatic heterocycles. The predicted molar refractivity (Wildman–Crippen MR) is 82.0 cm³/mol. The summed E-state index contributed by atoms with van der Waals surface area (Å²) < 4.78 is 0. The molecule has 0 fully saturated rings. The van der Waals surface area contributed by atoms with Gasteiger partial charge in [0.05, 0.1) is 18.0 Å². The maximum atomic E-state index is 9.11. The number of oxime groups is 1. The van der Waals surface area contributed by atoms with Crippen LogP contribution in [0.5, 0.6) is 0 Å². The second-order valence-electron chi connectivity index (χ2n) is 4.98. The summed E-state index contributed by atoms with van der Waals surface area (Å²) in [6, 6.07) is 8.08. The SMILES string of the molecule is Cc1nc(CN2CC/C(=N/O)c3ccccc32)sc1C. The van der Waals surface area contributed by atoms with Crippen LogP contribution in [-0.4, -0.2) is 22.4 Å². The van der Waals surface area contributed by atoms with Gasteiger partial charge in [0.2, 0.25) is 0 Å². The van der Waals surface area contributed by atoms with Gasteiger partial charge in [-0.1, -0.05) is 23.4 Å². The Kier molecular flexibility index (Phi) is 3.44. The number of anilines is 1. The standard InChI is InChI=1S/C15H17N3OS/c1-10-11(2)20-15(16-10)9-18-8-7-13(17-19)12-5-3-4-6-14(12)18/h3-6,19H,7-9H2,1-2H3/b17-13-. The van der Waals surface area contributed by atoms with Crippen molar-refractivity contribution in [2.45, 2.75) is 26.8 Å². The second kappa shape index (κ2) is 5.25. The molecule has 1 N–H and O–H groups in total. The Morgan fingerprint density at radius 2 is 2.15 bits per heavy atom. The summed E-state index contributed by atoms with van der Waals surface area (Å²) in [4.78, 5) is 8.20. The first-order chi connectivity index (χ1) is 9.69. The van der Waals surface area contributed by atoms with E-state index in [4.69, 9.17) is 5.21 Å². The summed E-state index contributed by atoms with van der Waals surface area (Å²) in [7, 11) is 0. The van der Waals surface area contributed by atoms with Crippen LogP contribution in [0.3, 0.4) is 0 Å². The van der Waals surface area contributed by atoms with Gasteiger partial charge in [0, 0.05) is 29.1 Å². The van der Waals surface area contributed by atoms with E-state index in [0.29, 0.717) is 0 Å². The van der Waals surface area contributed by atoms with Crippen LogP contribution < -0.4 is 4.90 Å². The van der Waals surface area contributed by atoms with Gasteiger partial charge in [0.25, 0.3) is 0 Å². The molecule has 0 spiro atoms. The largest absolute Gasteiger partial charge is 0.411 e. The van der Waals surface area contributed by atoms with Crippen LogP contribution in [0.1, 0.15) is 27.6 Å². The van der Waals surface area contributed by atoms with Crippen molar-refractivity contribution in [1.82, 2.24) is 4.98 Å². The number of para-hydroxylation sites is 1. The first-order valence-corrected chi connectivity index (χ1v) is 7.49. The molecular formula is C15H17N3OS. The van der Waals surface area contributed by atoms with Gasteiger partial charge in [-0.3, -0.25) is 0 Å². The van der Waals surface area contributed by atoms with E-state index in [2.05, 4.69) is 35.0 Å². The van der Waals surface area contributed by atoms with Gasteiger partial charge in [-0.05, 0) is 19.9 Å². The maximum Gasteiger partial charge on any atom is 0.112 e. The van der Waals surface area contributed by atoms with Crippen molar-refractivity contribution < 1.29 is 5.21 Å². The molecular weight excluding hydrogens is 270 g/mol. The lowest BCUT2D eigenvalue weighted by molar-refractivity contribution is 0.317.